The number of methoxy groups -OCH3 is 1. The van der Waals surface area contributed by atoms with Gasteiger partial charge >= 0.3 is 11.9 Å². The van der Waals surface area contributed by atoms with Crippen molar-refractivity contribution >= 4 is 17.8 Å². The first kappa shape index (κ1) is 16.1. The average Bonchev–Trinajstić information content (AvgIpc) is 2.99. The van der Waals surface area contributed by atoms with Crippen molar-refractivity contribution in [2.24, 2.45) is 0 Å². The van der Waals surface area contributed by atoms with Crippen molar-refractivity contribution in [1.29, 1.82) is 0 Å². The summed E-state index contributed by atoms with van der Waals surface area (Å²) in [5, 5.41) is 0. The van der Waals surface area contributed by atoms with E-state index < -0.39 is 30.4 Å². The van der Waals surface area contributed by atoms with Gasteiger partial charge in [0, 0.05) is 20.3 Å². The van der Waals surface area contributed by atoms with Gasteiger partial charge < -0.3 is 24.7 Å². The molecule has 0 amide bonds. The Balaban J connectivity index is 2.14. The van der Waals surface area contributed by atoms with Gasteiger partial charge in [0.2, 0.25) is 0 Å². The number of anilines is 1. The van der Waals surface area contributed by atoms with Crippen LogP contribution in [0.25, 0.3) is 0 Å². The van der Waals surface area contributed by atoms with Crippen LogP contribution in [0.2, 0.25) is 0 Å². The van der Waals surface area contributed by atoms with E-state index in [0.29, 0.717) is 6.42 Å². The molecular weight excluding hydrogens is 294 g/mol. The lowest BCUT2D eigenvalue weighted by Gasteiger charge is -2.17. The number of rotatable bonds is 5. The molecule has 0 spiro atoms. The van der Waals surface area contributed by atoms with Crippen LogP contribution in [0.3, 0.4) is 0 Å². The Morgan fingerprint density at radius 1 is 1.45 bits per heavy atom. The topological polar surface area (TPSA) is 115 Å². The number of aromatic nitrogens is 2. The van der Waals surface area contributed by atoms with Crippen LogP contribution in [0.15, 0.2) is 6.20 Å². The molecule has 1 aromatic heterocycles. The second-order valence-corrected chi connectivity index (χ2v) is 4.88. The third kappa shape index (κ3) is 3.67. The van der Waals surface area contributed by atoms with Gasteiger partial charge in [-0.1, -0.05) is 0 Å². The molecule has 9 nitrogen and oxygen atoms in total. The number of nitrogens with zero attached hydrogens (tertiary/aromatic N) is 2. The quantitative estimate of drug-likeness (QED) is 0.770. The Hall–Kier alpha value is -2.29. The van der Waals surface area contributed by atoms with Gasteiger partial charge in [-0.3, -0.25) is 14.2 Å². The highest BCUT2D eigenvalue weighted by Gasteiger charge is 2.40. The van der Waals surface area contributed by atoms with E-state index in [2.05, 4.69) is 4.98 Å². The van der Waals surface area contributed by atoms with E-state index in [1.165, 1.54) is 21.0 Å². The zero-order valence-corrected chi connectivity index (χ0v) is 12.6. The van der Waals surface area contributed by atoms with E-state index in [9.17, 15) is 9.59 Å². The highest BCUT2D eigenvalue weighted by molar-refractivity contribution is 5.66. The predicted molar refractivity (Wildman–Crippen MR) is 73.9 cm³/mol. The average molecular weight is 313 g/mol. The highest BCUT2D eigenvalue weighted by Crippen LogP contribution is 2.34. The van der Waals surface area contributed by atoms with Crippen molar-refractivity contribution in [3.63, 3.8) is 0 Å². The first-order valence-corrected chi connectivity index (χ1v) is 6.75. The monoisotopic (exact) mass is 313 g/mol. The maximum absolute atomic E-state index is 11.2. The van der Waals surface area contributed by atoms with E-state index in [1.54, 1.807) is 10.8 Å². The van der Waals surface area contributed by atoms with Crippen molar-refractivity contribution in [1.82, 2.24) is 9.55 Å². The molecule has 1 fully saturated rings. The van der Waals surface area contributed by atoms with Crippen LogP contribution >= 0.6 is 0 Å². The number of hydrogen-bond donors (Lipinski definition) is 1. The number of imidazole rings is 1. The minimum atomic E-state index is -0.564. The minimum Gasteiger partial charge on any atom is -0.468 e. The van der Waals surface area contributed by atoms with E-state index in [4.69, 9.17) is 24.7 Å². The molecule has 1 aromatic rings. The standard InChI is InChI=1S/C13H19N3O6/c1-7(17)20-6-10-9(21-8(2)18)4-12(22-10)16-5-11(14)15-13(16)19-3/h5,9-10,12H,4,6,14H2,1-3H3/t9-,10+,12+/m0/s1. The Kier molecular flexibility index (Phi) is 4.86. The summed E-state index contributed by atoms with van der Waals surface area (Å²) in [4.78, 5) is 26.2. The molecule has 0 radical (unpaired) electrons. The lowest BCUT2D eigenvalue weighted by atomic mass is 10.2. The molecule has 1 saturated heterocycles. The van der Waals surface area contributed by atoms with Gasteiger partial charge in [-0.15, -0.1) is 0 Å². The summed E-state index contributed by atoms with van der Waals surface area (Å²) in [6.45, 7) is 2.61. The van der Waals surface area contributed by atoms with Crippen LogP contribution in [0.4, 0.5) is 5.82 Å². The normalized spacial score (nSPS) is 24.0. The molecular formula is C13H19N3O6. The lowest BCUT2D eigenvalue weighted by Crippen LogP contribution is -2.31. The molecule has 9 heteroatoms. The zero-order valence-electron chi connectivity index (χ0n) is 12.6. The van der Waals surface area contributed by atoms with Crippen LogP contribution in [-0.2, 0) is 23.8 Å². The Morgan fingerprint density at radius 3 is 2.77 bits per heavy atom. The summed E-state index contributed by atoms with van der Waals surface area (Å²) >= 11 is 0. The van der Waals surface area contributed by atoms with Gasteiger partial charge in [0.05, 0.1) is 13.3 Å². The molecule has 22 heavy (non-hydrogen) atoms. The molecule has 0 bridgehead atoms. The molecule has 0 unspecified atom stereocenters. The maximum atomic E-state index is 11.2. The number of carbonyl (C=O) groups excluding carboxylic acids is 2. The molecule has 2 rings (SSSR count). The number of carbonyl (C=O) groups is 2. The SMILES string of the molecule is COc1nc(N)cn1[C@H]1C[C@H](OC(C)=O)[C@@H](COC(C)=O)O1. The Morgan fingerprint density at radius 2 is 2.18 bits per heavy atom. The fraction of sp³-hybridized carbons (Fsp3) is 0.615. The Bertz CT molecular complexity index is 558. The third-order valence-electron chi connectivity index (χ3n) is 3.16. The number of nitrogens with two attached hydrogens (primary N) is 1. The summed E-state index contributed by atoms with van der Waals surface area (Å²) in [5.74, 6) is -0.579. The van der Waals surface area contributed by atoms with Crippen LogP contribution in [0, 0.1) is 0 Å². The maximum Gasteiger partial charge on any atom is 0.303 e. The van der Waals surface area contributed by atoms with E-state index in [-0.39, 0.29) is 18.4 Å². The molecule has 2 N–H and O–H groups in total. The van der Waals surface area contributed by atoms with Crippen molar-refractivity contribution in [2.75, 3.05) is 19.5 Å². The van der Waals surface area contributed by atoms with Crippen molar-refractivity contribution in [2.45, 2.75) is 38.7 Å². The molecule has 122 valence electrons. The molecule has 2 heterocycles. The van der Waals surface area contributed by atoms with Crippen molar-refractivity contribution < 1.29 is 28.5 Å². The van der Waals surface area contributed by atoms with Gasteiger partial charge in [0.15, 0.2) is 0 Å². The first-order valence-electron chi connectivity index (χ1n) is 6.75. The first-order chi connectivity index (χ1) is 10.4. The molecule has 0 aliphatic carbocycles. The molecule has 0 aromatic carbocycles. The number of esters is 2. The lowest BCUT2D eigenvalue weighted by molar-refractivity contribution is -0.155. The van der Waals surface area contributed by atoms with Crippen LogP contribution in [0.1, 0.15) is 26.5 Å². The second kappa shape index (κ2) is 6.65. The Labute approximate surface area is 127 Å². The molecule has 0 saturated carbocycles. The van der Waals surface area contributed by atoms with Gasteiger partial charge in [-0.25, -0.2) is 0 Å². The smallest absolute Gasteiger partial charge is 0.303 e. The molecule has 1 aliphatic heterocycles. The van der Waals surface area contributed by atoms with Gasteiger partial charge in [0.1, 0.15) is 30.9 Å². The predicted octanol–water partition coefficient (Wildman–Crippen LogP) is 0.256. The minimum absolute atomic E-state index is 0.00370. The van der Waals surface area contributed by atoms with Crippen molar-refractivity contribution in [3.8, 4) is 6.01 Å². The summed E-state index contributed by atoms with van der Waals surface area (Å²) in [5.41, 5.74) is 5.65. The summed E-state index contributed by atoms with van der Waals surface area (Å²) < 4.78 is 22.7. The largest absolute Gasteiger partial charge is 0.468 e. The van der Waals surface area contributed by atoms with Crippen LogP contribution in [0.5, 0.6) is 6.01 Å². The van der Waals surface area contributed by atoms with E-state index in [0.717, 1.165) is 0 Å². The summed E-state index contributed by atoms with van der Waals surface area (Å²) in [6.07, 6.45) is 0.367. The van der Waals surface area contributed by atoms with Gasteiger partial charge in [0.25, 0.3) is 6.01 Å². The van der Waals surface area contributed by atoms with E-state index in [1.807, 2.05) is 0 Å². The molecule has 3 atom stereocenters. The third-order valence-corrected chi connectivity index (χ3v) is 3.16. The van der Waals surface area contributed by atoms with E-state index >= 15 is 0 Å². The fourth-order valence-electron chi connectivity index (χ4n) is 2.31. The number of hydrogen-bond acceptors (Lipinski definition) is 8. The highest BCUT2D eigenvalue weighted by atomic mass is 16.6. The second-order valence-electron chi connectivity index (χ2n) is 4.88. The fourth-order valence-corrected chi connectivity index (χ4v) is 2.31. The molecule has 1 aliphatic rings. The zero-order chi connectivity index (χ0) is 16.3. The van der Waals surface area contributed by atoms with Crippen LogP contribution < -0.4 is 10.5 Å². The summed E-state index contributed by atoms with van der Waals surface area (Å²) in [6, 6.07) is 0.289. The van der Waals surface area contributed by atoms with Gasteiger partial charge in [-0.05, 0) is 0 Å². The number of nitrogen functional groups attached to an aromatic ring is 1. The van der Waals surface area contributed by atoms with Crippen molar-refractivity contribution in [3.05, 3.63) is 6.20 Å². The number of ether oxygens (including phenoxy) is 4. The summed E-state index contributed by atoms with van der Waals surface area (Å²) in [7, 11) is 1.47. The van der Waals surface area contributed by atoms with Gasteiger partial charge in [-0.2, -0.15) is 4.98 Å². The van der Waals surface area contributed by atoms with Crippen LogP contribution in [-0.4, -0.2) is 47.4 Å².